The van der Waals surface area contributed by atoms with Crippen LogP contribution >= 0.6 is 0 Å². The summed E-state index contributed by atoms with van der Waals surface area (Å²) < 4.78 is 13.2. The summed E-state index contributed by atoms with van der Waals surface area (Å²) in [6, 6.07) is 57.5. The maximum atomic E-state index is 6.74. The number of hydrogen-bond donors (Lipinski definition) is 0. The number of fused-ring (bicyclic) bond motifs is 20. The number of rotatable bonds is 3. The second-order valence-corrected chi connectivity index (χ2v) is 23.3. The summed E-state index contributed by atoms with van der Waals surface area (Å²) in [7, 11) is 0. The average molecular weight is 918 g/mol. The van der Waals surface area contributed by atoms with Gasteiger partial charge in [0.2, 0.25) is 0 Å². The van der Waals surface area contributed by atoms with Crippen LogP contribution in [0.5, 0.6) is 0 Å². The predicted molar refractivity (Wildman–Crippen MR) is 295 cm³/mol. The third-order valence-electron chi connectivity index (χ3n) is 18.1. The third-order valence-corrected chi connectivity index (χ3v) is 18.1. The van der Waals surface area contributed by atoms with E-state index in [9.17, 15) is 0 Å². The quantitative estimate of drug-likeness (QED) is 0.177. The fourth-order valence-electron chi connectivity index (χ4n) is 14.3. The molecule has 4 aliphatic carbocycles. The minimum Gasteiger partial charge on any atom is -0.456 e. The highest BCUT2D eigenvalue weighted by Gasteiger charge is 2.45. The largest absolute Gasteiger partial charge is 0.456 e. The van der Waals surface area contributed by atoms with Gasteiger partial charge in [-0.25, -0.2) is 0 Å². The van der Waals surface area contributed by atoms with Crippen LogP contribution in [-0.2, 0) is 21.7 Å². The van der Waals surface area contributed by atoms with Gasteiger partial charge < -0.3 is 13.7 Å². The lowest BCUT2D eigenvalue weighted by Crippen LogP contribution is -2.19. The van der Waals surface area contributed by atoms with Crippen molar-refractivity contribution in [3.8, 4) is 44.5 Å². The van der Waals surface area contributed by atoms with E-state index in [1.165, 1.54) is 139 Å². The fraction of sp³-hybridized carbons (Fsp3) is 0.206. The van der Waals surface area contributed by atoms with E-state index in [4.69, 9.17) is 8.83 Å². The van der Waals surface area contributed by atoms with Gasteiger partial charge in [-0.3, -0.25) is 0 Å². The molecule has 0 unspecified atom stereocenters. The summed E-state index contributed by atoms with van der Waals surface area (Å²) in [6.07, 6.45) is 0. The maximum absolute atomic E-state index is 6.74. The van der Waals surface area contributed by atoms with Gasteiger partial charge in [0.1, 0.15) is 22.3 Å². The van der Waals surface area contributed by atoms with Gasteiger partial charge in [-0.1, -0.05) is 140 Å². The first-order valence-corrected chi connectivity index (χ1v) is 25.5. The molecule has 11 aromatic rings. The number of nitrogens with zero attached hydrogens (tertiary/aromatic N) is 1. The molecule has 0 saturated carbocycles. The number of anilines is 3. The zero-order valence-electron chi connectivity index (χ0n) is 42.2. The Kier molecular flexibility index (Phi) is 7.66. The van der Waals surface area contributed by atoms with Gasteiger partial charge in [-0.2, -0.15) is 0 Å². The van der Waals surface area contributed by atoms with Crippen LogP contribution in [0.25, 0.3) is 88.4 Å². The van der Waals surface area contributed by atoms with E-state index in [1.807, 2.05) is 0 Å². The molecule has 0 aliphatic heterocycles. The summed E-state index contributed by atoms with van der Waals surface area (Å²) in [5.41, 5.74) is 30.5. The average Bonchev–Trinajstić information content (AvgIpc) is 4.14. The highest BCUT2D eigenvalue weighted by atomic mass is 16.3. The topological polar surface area (TPSA) is 29.5 Å². The summed E-state index contributed by atoms with van der Waals surface area (Å²) in [4.78, 5) is 2.54. The summed E-state index contributed by atoms with van der Waals surface area (Å²) >= 11 is 0. The Morgan fingerprint density at radius 1 is 0.338 bits per heavy atom. The molecule has 2 heterocycles. The molecule has 71 heavy (non-hydrogen) atoms. The normalized spacial score (nSPS) is 16.5. The van der Waals surface area contributed by atoms with Gasteiger partial charge in [-0.05, 0) is 175 Å². The van der Waals surface area contributed by atoms with Crippen molar-refractivity contribution in [1.82, 2.24) is 0 Å². The number of furan rings is 2. The molecular formula is C68H55NO2. The highest BCUT2D eigenvalue weighted by Crippen LogP contribution is 2.61. The Morgan fingerprint density at radius 2 is 0.803 bits per heavy atom. The third kappa shape index (κ3) is 5.04. The van der Waals surface area contributed by atoms with E-state index in [1.54, 1.807) is 0 Å². The number of para-hydroxylation sites is 3. The minimum absolute atomic E-state index is 0.166. The molecule has 15 rings (SSSR count). The Labute approximate surface area is 415 Å². The van der Waals surface area contributed by atoms with E-state index in [2.05, 4.69) is 226 Å². The van der Waals surface area contributed by atoms with Crippen molar-refractivity contribution in [1.29, 1.82) is 0 Å². The SMILES string of the molecule is Cc1cccc(C)c1N(c1ccc2c(c1)C(C)(C)c1cc3c(cc1-2)C(C)(C)c1ccc2c(oc4ccccc42)c1-3)c1ccc2c(c1)C(C)(C)c1cc3c(cc1-2)C(C)(C)c1ccc2oc4ccccc4c2c1-3. The first-order chi connectivity index (χ1) is 34.0. The lowest BCUT2D eigenvalue weighted by atomic mass is 9.79. The van der Waals surface area contributed by atoms with Crippen LogP contribution in [0.15, 0.2) is 160 Å². The molecular weight excluding hydrogens is 863 g/mol. The molecule has 3 nitrogen and oxygen atoms in total. The molecule has 344 valence electrons. The molecule has 0 amide bonds. The van der Waals surface area contributed by atoms with Crippen LogP contribution in [-0.4, -0.2) is 0 Å². The molecule has 0 atom stereocenters. The van der Waals surface area contributed by atoms with Crippen LogP contribution in [0.4, 0.5) is 17.1 Å². The van der Waals surface area contributed by atoms with E-state index >= 15 is 0 Å². The molecule has 9 aromatic carbocycles. The van der Waals surface area contributed by atoms with Gasteiger partial charge in [-0.15, -0.1) is 0 Å². The lowest BCUT2D eigenvalue weighted by molar-refractivity contribution is 0.649. The molecule has 0 radical (unpaired) electrons. The Balaban J connectivity index is 0.873. The number of benzene rings is 9. The van der Waals surface area contributed by atoms with Gasteiger partial charge in [0, 0.05) is 60.1 Å². The van der Waals surface area contributed by atoms with Crippen molar-refractivity contribution in [3.05, 3.63) is 207 Å². The van der Waals surface area contributed by atoms with Gasteiger partial charge in [0.25, 0.3) is 0 Å². The first-order valence-electron chi connectivity index (χ1n) is 25.5. The summed E-state index contributed by atoms with van der Waals surface area (Å²) in [5.74, 6) is 0. The van der Waals surface area contributed by atoms with Crippen molar-refractivity contribution < 1.29 is 8.83 Å². The van der Waals surface area contributed by atoms with Gasteiger partial charge in [0.15, 0.2) is 0 Å². The molecule has 4 aliphatic rings. The monoisotopic (exact) mass is 917 g/mol. The zero-order valence-corrected chi connectivity index (χ0v) is 42.2. The van der Waals surface area contributed by atoms with Crippen LogP contribution < -0.4 is 4.90 Å². The molecule has 0 N–H and O–H groups in total. The van der Waals surface area contributed by atoms with Gasteiger partial charge in [0.05, 0.1) is 5.69 Å². The fourth-order valence-corrected chi connectivity index (χ4v) is 14.3. The van der Waals surface area contributed by atoms with Gasteiger partial charge >= 0.3 is 0 Å². The maximum Gasteiger partial charge on any atom is 0.143 e. The van der Waals surface area contributed by atoms with Crippen molar-refractivity contribution >= 4 is 60.9 Å². The smallest absolute Gasteiger partial charge is 0.143 e. The van der Waals surface area contributed by atoms with E-state index in [-0.39, 0.29) is 21.7 Å². The zero-order chi connectivity index (χ0) is 48.4. The van der Waals surface area contributed by atoms with E-state index in [0.717, 1.165) is 22.3 Å². The Hall–Kier alpha value is -7.62. The van der Waals surface area contributed by atoms with Crippen molar-refractivity contribution in [2.24, 2.45) is 0 Å². The van der Waals surface area contributed by atoms with Crippen LogP contribution in [0.3, 0.4) is 0 Å². The molecule has 0 bridgehead atoms. The van der Waals surface area contributed by atoms with Crippen molar-refractivity contribution in [2.45, 2.75) is 90.9 Å². The first kappa shape index (κ1) is 41.2. The molecule has 0 spiro atoms. The lowest BCUT2D eigenvalue weighted by Gasteiger charge is -2.31. The van der Waals surface area contributed by atoms with Crippen molar-refractivity contribution in [3.63, 3.8) is 0 Å². The van der Waals surface area contributed by atoms with Crippen LogP contribution in [0.1, 0.15) is 111 Å². The Morgan fingerprint density at radius 3 is 1.41 bits per heavy atom. The number of hydrogen-bond acceptors (Lipinski definition) is 3. The Bertz CT molecular complexity index is 4240. The summed E-state index contributed by atoms with van der Waals surface area (Å²) in [6.45, 7) is 23.8. The summed E-state index contributed by atoms with van der Waals surface area (Å²) in [5, 5.41) is 4.77. The standard InChI is InChI=1S/C68H55NO2/c1-36-16-15-17-37(2)63(36)69(38-22-24-40-45-32-55-47(34-53(45)67(7,8)51(40)30-38)60-49(65(55,3)4)28-29-59-62(60)44-19-12-14-21-58(44)70-59)39-23-25-41-46-33-56-48(35-54(46)68(9,10)52(41)31-39)61-50(66(56,5)6)27-26-43-42-18-11-13-20-57(42)71-64(43)61/h11-35H,1-10H3. The van der Waals surface area contributed by atoms with Crippen molar-refractivity contribution in [2.75, 3.05) is 4.90 Å². The molecule has 0 fully saturated rings. The predicted octanol–water partition coefficient (Wildman–Crippen LogP) is 18.8. The van der Waals surface area contributed by atoms with E-state index < -0.39 is 0 Å². The van der Waals surface area contributed by atoms with E-state index in [0.29, 0.717) is 0 Å². The second-order valence-electron chi connectivity index (χ2n) is 23.3. The van der Waals surface area contributed by atoms with Crippen LogP contribution in [0, 0.1) is 13.8 Å². The molecule has 2 aromatic heterocycles. The second kappa shape index (κ2) is 13.2. The molecule has 0 saturated heterocycles. The highest BCUT2D eigenvalue weighted by molar-refractivity contribution is 6.16. The molecule has 3 heteroatoms. The number of aryl methyl sites for hydroxylation is 2. The minimum atomic E-state index is -0.250. The van der Waals surface area contributed by atoms with Crippen LogP contribution in [0.2, 0.25) is 0 Å².